The number of aryl methyl sites for hydroxylation is 1. The Morgan fingerprint density at radius 2 is 2.04 bits per heavy atom. The molecule has 3 heterocycles. The predicted octanol–water partition coefficient (Wildman–Crippen LogP) is 3.43. The van der Waals surface area contributed by atoms with Gasteiger partial charge in [0.25, 0.3) is 5.56 Å². The van der Waals surface area contributed by atoms with Gasteiger partial charge in [-0.2, -0.15) is 0 Å². The number of aromatic nitrogens is 3. The number of rotatable bonds is 3. The molecule has 0 amide bonds. The Hall–Kier alpha value is -1.76. The van der Waals surface area contributed by atoms with Crippen molar-refractivity contribution in [2.24, 2.45) is 11.7 Å². The molecule has 5 nitrogen and oxygen atoms in total. The average Bonchev–Trinajstić information content (AvgIpc) is 2.91. The minimum Gasteiger partial charge on any atom is -0.321 e. The molecule has 23 heavy (non-hydrogen) atoms. The lowest BCUT2D eigenvalue weighted by atomic mass is 10.1. The van der Waals surface area contributed by atoms with Crippen LogP contribution in [0.2, 0.25) is 0 Å². The number of fused-ring (bicyclic) bond motifs is 1. The molecule has 3 N–H and O–H groups in total. The Kier molecular flexibility index (Phi) is 5.19. The number of thiophene rings is 1. The molecule has 3 aromatic heterocycles. The number of H-pyrrole nitrogens is 1. The number of hydrogen-bond acceptors (Lipinski definition) is 5. The summed E-state index contributed by atoms with van der Waals surface area (Å²) in [7, 11) is 0. The van der Waals surface area contributed by atoms with Crippen LogP contribution in [-0.4, -0.2) is 15.0 Å². The summed E-state index contributed by atoms with van der Waals surface area (Å²) in [5.74, 6) is 0.754. The standard InChI is InChI=1S/C16H18N4OS.ClH/c1-8(2)13(17)15-19-11-7-12(22-14(11)16(21)20-15)10-4-5-18-9(3)6-10;/h4-8,13H,17H2,1-3H3,(H,19,20,21);1H. The van der Waals surface area contributed by atoms with Crippen molar-refractivity contribution in [3.05, 3.63) is 46.3 Å². The zero-order valence-electron chi connectivity index (χ0n) is 13.2. The van der Waals surface area contributed by atoms with E-state index in [2.05, 4.69) is 15.0 Å². The monoisotopic (exact) mass is 350 g/mol. The van der Waals surface area contributed by atoms with Crippen molar-refractivity contribution >= 4 is 34.0 Å². The fraction of sp³-hybridized carbons (Fsp3) is 0.312. The molecule has 1 unspecified atom stereocenters. The van der Waals surface area contributed by atoms with Gasteiger partial charge in [0.15, 0.2) is 0 Å². The minimum absolute atomic E-state index is 0. The Labute approximate surface area is 144 Å². The van der Waals surface area contributed by atoms with Crippen LogP contribution in [0.25, 0.3) is 20.7 Å². The van der Waals surface area contributed by atoms with Gasteiger partial charge in [0, 0.05) is 16.8 Å². The summed E-state index contributed by atoms with van der Waals surface area (Å²) in [6.07, 6.45) is 1.77. The quantitative estimate of drug-likeness (QED) is 0.757. The van der Waals surface area contributed by atoms with Gasteiger partial charge in [-0.25, -0.2) is 4.98 Å². The van der Waals surface area contributed by atoms with Crippen LogP contribution in [0.3, 0.4) is 0 Å². The van der Waals surface area contributed by atoms with Gasteiger partial charge in [-0.15, -0.1) is 23.7 Å². The summed E-state index contributed by atoms with van der Waals surface area (Å²) in [6.45, 7) is 5.96. The van der Waals surface area contributed by atoms with Crippen molar-refractivity contribution in [3.63, 3.8) is 0 Å². The van der Waals surface area contributed by atoms with Gasteiger partial charge >= 0.3 is 0 Å². The topological polar surface area (TPSA) is 84.7 Å². The van der Waals surface area contributed by atoms with Gasteiger partial charge in [-0.3, -0.25) is 9.78 Å². The molecule has 0 fully saturated rings. The molecule has 0 aromatic carbocycles. The van der Waals surface area contributed by atoms with E-state index in [1.807, 2.05) is 39.0 Å². The highest BCUT2D eigenvalue weighted by atomic mass is 35.5. The summed E-state index contributed by atoms with van der Waals surface area (Å²) < 4.78 is 0.629. The number of nitrogens with two attached hydrogens (primary N) is 1. The first-order valence-electron chi connectivity index (χ1n) is 7.18. The van der Waals surface area contributed by atoms with Gasteiger partial charge in [0.1, 0.15) is 10.5 Å². The fourth-order valence-electron chi connectivity index (χ4n) is 2.27. The predicted molar refractivity (Wildman–Crippen MR) is 97.2 cm³/mol. The van der Waals surface area contributed by atoms with E-state index in [-0.39, 0.29) is 29.9 Å². The van der Waals surface area contributed by atoms with Crippen LogP contribution in [0.5, 0.6) is 0 Å². The molecule has 122 valence electrons. The Morgan fingerprint density at radius 3 is 2.70 bits per heavy atom. The maximum atomic E-state index is 12.3. The van der Waals surface area contributed by atoms with E-state index >= 15 is 0 Å². The van der Waals surface area contributed by atoms with E-state index < -0.39 is 0 Å². The number of nitrogens with zero attached hydrogens (tertiary/aromatic N) is 2. The van der Waals surface area contributed by atoms with E-state index in [0.717, 1.165) is 16.1 Å². The van der Waals surface area contributed by atoms with Crippen molar-refractivity contribution in [2.75, 3.05) is 0 Å². The normalized spacial score (nSPS) is 12.4. The minimum atomic E-state index is -0.274. The highest BCUT2D eigenvalue weighted by Gasteiger charge is 2.16. The molecule has 0 aliphatic heterocycles. The molecule has 3 aromatic rings. The summed E-state index contributed by atoms with van der Waals surface area (Å²) >= 11 is 1.44. The first-order valence-corrected chi connectivity index (χ1v) is 7.99. The van der Waals surface area contributed by atoms with Crippen molar-refractivity contribution in [2.45, 2.75) is 26.8 Å². The van der Waals surface area contributed by atoms with Crippen molar-refractivity contribution in [1.82, 2.24) is 15.0 Å². The third kappa shape index (κ3) is 3.44. The lowest BCUT2D eigenvalue weighted by molar-refractivity contribution is 0.491. The lowest BCUT2D eigenvalue weighted by Crippen LogP contribution is -2.23. The van der Waals surface area contributed by atoms with Crippen LogP contribution in [0.4, 0.5) is 0 Å². The van der Waals surface area contributed by atoms with Crippen LogP contribution in [0, 0.1) is 12.8 Å². The van der Waals surface area contributed by atoms with Gasteiger partial charge in [0.2, 0.25) is 0 Å². The second-order valence-corrected chi connectivity index (χ2v) is 6.78. The lowest BCUT2D eigenvalue weighted by Gasteiger charge is -2.13. The largest absolute Gasteiger partial charge is 0.321 e. The Bertz CT molecular complexity index is 887. The van der Waals surface area contributed by atoms with Crippen molar-refractivity contribution < 1.29 is 0 Å². The summed E-state index contributed by atoms with van der Waals surface area (Å²) in [4.78, 5) is 24.8. The highest BCUT2D eigenvalue weighted by Crippen LogP contribution is 2.31. The van der Waals surface area contributed by atoms with Crippen LogP contribution in [0.1, 0.15) is 31.4 Å². The van der Waals surface area contributed by atoms with E-state index in [9.17, 15) is 4.79 Å². The van der Waals surface area contributed by atoms with Crippen molar-refractivity contribution in [1.29, 1.82) is 0 Å². The Balaban J connectivity index is 0.00000192. The molecule has 0 bridgehead atoms. The third-order valence-electron chi connectivity index (χ3n) is 3.62. The molecular weight excluding hydrogens is 332 g/mol. The maximum Gasteiger partial charge on any atom is 0.268 e. The number of pyridine rings is 1. The molecule has 0 saturated carbocycles. The van der Waals surface area contributed by atoms with Crippen LogP contribution < -0.4 is 11.3 Å². The third-order valence-corrected chi connectivity index (χ3v) is 4.79. The van der Waals surface area contributed by atoms with Gasteiger partial charge in [-0.05, 0) is 36.6 Å². The van der Waals surface area contributed by atoms with Crippen molar-refractivity contribution in [3.8, 4) is 10.4 Å². The van der Waals surface area contributed by atoms with E-state index in [1.54, 1.807) is 6.20 Å². The number of hydrogen-bond donors (Lipinski definition) is 2. The molecule has 0 aliphatic rings. The molecule has 0 radical (unpaired) electrons. The van der Waals surface area contributed by atoms with Gasteiger partial charge in [0.05, 0.1) is 11.6 Å². The molecule has 0 aliphatic carbocycles. The molecule has 3 rings (SSSR count). The second-order valence-electron chi connectivity index (χ2n) is 5.73. The van der Waals surface area contributed by atoms with E-state index in [4.69, 9.17) is 5.73 Å². The fourth-order valence-corrected chi connectivity index (χ4v) is 3.26. The zero-order valence-corrected chi connectivity index (χ0v) is 14.8. The molecular formula is C16H19ClN4OS. The van der Waals surface area contributed by atoms with Crippen LogP contribution >= 0.6 is 23.7 Å². The second kappa shape index (κ2) is 6.78. The summed E-state index contributed by atoms with van der Waals surface area (Å²) in [6, 6.07) is 5.61. The van der Waals surface area contributed by atoms with Crippen LogP contribution in [-0.2, 0) is 0 Å². The Morgan fingerprint density at radius 1 is 1.30 bits per heavy atom. The molecule has 0 saturated heterocycles. The van der Waals surface area contributed by atoms with Gasteiger partial charge in [-0.1, -0.05) is 13.8 Å². The molecule has 7 heteroatoms. The molecule has 1 atom stereocenters. The highest BCUT2D eigenvalue weighted by molar-refractivity contribution is 7.22. The smallest absolute Gasteiger partial charge is 0.268 e. The van der Waals surface area contributed by atoms with Crippen LogP contribution in [0.15, 0.2) is 29.2 Å². The average molecular weight is 351 g/mol. The number of halogens is 1. The SMILES string of the molecule is Cc1cc(-c2cc3nc(C(N)C(C)C)[nH]c(=O)c3s2)ccn1.Cl. The summed E-state index contributed by atoms with van der Waals surface area (Å²) in [5, 5.41) is 0. The number of nitrogens with one attached hydrogen (secondary N) is 1. The molecule has 0 spiro atoms. The maximum absolute atomic E-state index is 12.3. The zero-order chi connectivity index (χ0) is 15.9. The van der Waals surface area contributed by atoms with E-state index in [0.29, 0.717) is 16.0 Å². The summed E-state index contributed by atoms with van der Waals surface area (Å²) in [5.41, 5.74) is 8.66. The van der Waals surface area contributed by atoms with E-state index in [1.165, 1.54) is 11.3 Å². The van der Waals surface area contributed by atoms with Gasteiger partial charge < -0.3 is 10.7 Å². The number of aromatic amines is 1. The first kappa shape index (κ1) is 17.6. The first-order chi connectivity index (χ1) is 10.5.